The first-order valence-corrected chi connectivity index (χ1v) is 5.36. The highest BCUT2D eigenvalue weighted by molar-refractivity contribution is 9.10. The monoisotopic (exact) mass is 272 g/mol. The molecule has 0 aliphatic rings. The second-order valence-electron chi connectivity index (χ2n) is 3.20. The Bertz CT molecular complexity index is 342. The van der Waals surface area contributed by atoms with Crippen molar-refractivity contribution in [1.82, 2.24) is 5.48 Å². The van der Waals surface area contributed by atoms with Crippen LogP contribution in [0.4, 0.5) is 10.5 Å². The zero-order valence-electron chi connectivity index (χ0n) is 8.58. The third-order valence-electron chi connectivity index (χ3n) is 1.51. The molecule has 15 heavy (non-hydrogen) atoms. The molecule has 2 N–H and O–H groups in total. The first kappa shape index (κ1) is 12.0. The van der Waals surface area contributed by atoms with Gasteiger partial charge in [-0.25, -0.2) is 10.3 Å². The number of halogens is 1. The Hall–Kier alpha value is -1.07. The molecule has 0 fully saturated rings. The molecule has 1 rings (SSSR count). The van der Waals surface area contributed by atoms with Crippen molar-refractivity contribution in [3.63, 3.8) is 0 Å². The molecular weight excluding hydrogens is 260 g/mol. The summed E-state index contributed by atoms with van der Waals surface area (Å²) < 4.78 is 0.824. The van der Waals surface area contributed by atoms with Gasteiger partial charge in [-0.05, 0) is 41.9 Å². The van der Waals surface area contributed by atoms with Crippen LogP contribution in [0.3, 0.4) is 0 Å². The molecule has 82 valence electrons. The summed E-state index contributed by atoms with van der Waals surface area (Å²) in [5, 5.41) is 2.64. The maximum absolute atomic E-state index is 11.3. The van der Waals surface area contributed by atoms with Crippen LogP contribution in [0, 0.1) is 0 Å². The lowest BCUT2D eigenvalue weighted by Gasteiger charge is -2.10. The summed E-state index contributed by atoms with van der Waals surface area (Å²) in [7, 11) is 0. The Kier molecular flexibility index (Phi) is 4.58. The summed E-state index contributed by atoms with van der Waals surface area (Å²) in [6, 6.07) is 6.95. The first-order chi connectivity index (χ1) is 7.09. The topological polar surface area (TPSA) is 50.4 Å². The van der Waals surface area contributed by atoms with E-state index in [2.05, 4.69) is 26.7 Å². The fraction of sp³-hybridized carbons (Fsp3) is 0.300. The molecule has 0 saturated heterocycles. The van der Waals surface area contributed by atoms with Crippen LogP contribution in [0.15, 0.2) is 28.7 Å². The van der Waals surface area contributed by atoms with Crippen LogP contribution >= 0.6 is 15.9 Å². The van der Waals surface area contributed by atoms with E-state index in [-0.39, 0.29) is 6.10 Å². The van der Waals surface area contributed by atoms with Gasteiger partial charge >= 0.3 is 6.03 Å². The number of hydrogen-bond donors (Lipinski definition) is 2. The number of nitrogens with one attached hydrogen (secondary N) is 2. The number of rotatable bonds is 3. The van der Waals surface area contributed by atoms with Gasteiger partial charge in [0, 0.05) is 4.47 Å². The van der Waals surface area contributed by atoms with Gasteiger partial charge in [0.15, 0.2) is 0 Å². The third kappa shape index (κ3) is 4.31. The average Bonchev–Trinajstić information content (AvgIpc) is 2.18. The Balaban J connectivity index is 2.48. The van der Waals surface area contributed by atoms with E-state index in [1.165, 1.54) is 0 Å². The summed E-state index contributed by atoms with van der Waals surface area (Å²) in [5.74, 6) is 0. The zero-order chi connectivity index (χ0) is 11.3. The maximum atomic E-state index is 11.3. The van der Waals surface area contributed by atoms with Crippen LogP contribution in [-0.2, 0) is 4.84 Å². The van der Waals surface area contributed by atoms with Gasteiger partial charge in [0.05, 0.1) is 11.8 Å². The van der Waals surface area contributed by atoms with Gasteiger partial charge in [-0.15, -0.1) is 0 Å². The molecule has 5 heteroatoms. The number of hydrogen-bond acceptors (Lipinski definition) is 2. The summed E-state index contributed by atoms with van der Waals surface area (Å²) in [6.45, 7) is 3.66. The molecule has 0 spiro atoms. The van der Waals surface area contributed by atoms with Gasteiger partial charge in [0.2, 0.25) is 0 Å². The molecule has 0 unspecified atom stereocenters. The lowest BCUT2D eigenvalue weighted by Crippen LogP contribution is -2.31. The number of urea groups is 1. The molecule has 0 saturated carbocycles. The SMILES string of the molecule is CC(C)ONC(=O)Nc1ccccc1Br. The van der Waals surface area contributed by atoms with Crippen LogP contribution < -0.4 is 10.8 Å². The Morgan fingerprint density at radius 2 is 2.07 bits per heavy atom. The van der Waals surface area contributed by atoms with Gasteiger partial charge in [-0.3, -0.25) is 4.84 Å². The third-order valence-corrected chi connectivity index (χ3v) is 2.20. The van der Waals surface area contributed by atoms with E-state index in [1.807, 2.05) is 32.0 Å². The molecular formula is C10H13BrN2O2. The number of carbonyl (C=O) groups is 1. The predicted molar refractivity (Wildman–Crippen MR) is 62.5 cm³/mol. The lowest BCUT2D eigenvalue weighted by molar-refractivity contribution is 0.0199. The number of para-hydroxylation sites is 1. The quantitative estimate of drug-likeness (QED) is 0.832. The molecule has 0 radical (unpaired) electrons. The second-order valence-corrected chi connectivity index (χ2v) is 4.06. The molecule has 2 amide bonds. The molecule has 0 aromatic heterocycles. The van der Waals surface area contributed by atoms with Gasteiger partial charge in [0.1, 0.15) is 0 Å². The van der Waals surface area contributed by atoms with E-state index in [9.17, 15) is 4.79 Å². The van der Waals surface area contributed by atoms with Crippen molar-refractivity contribution in [3.8, 4) is 0 Å². The largest absolute Gasteiger partial charge is 0.343 e. The van der Waals surface area contributed by atoms with Crippen molar-refractivity contribution < 1.29 is 9.63 Å². The standard InChI is InChI=1S/C10H13BrN2O2/c1-7(2)15-13-10(14)12-9-6-4-3-5-8(9)11/h3-7H,1-2H3,(H2,12,13,14). The first-order valence-electron chi connectivity index (χ1n) is 4.56. The molecule has 4 nitrogen and oxygen atoms in total. The molecule has 0 aliphatic carbocycles. The van der Waals surface area contributed by atoms with Gasteiger partial charge < -0.3 is 5.32 Å². The van der Waals surface area contributed by atoms with E-state index in [4.69, 9.17) is 4.84 Å². The number of amides is 2. The number of hydroxylamine groups is 1. The van der Waals surface area contributed by atoms with Crippen molar-refractivity contribution in [2.45, 2.75) is 20.0 Å². The number of anilines is 1. The van der Waals surface area contributed by atoms with Gasteiger partial charge in [0.25, 0.3) is 0 Å². The Morgan fingerprint density at radius 3 is 2.67 bits per heavy atom. The fourth-order valence-corrected chi connectivity index (χ4v) is 1.27. The minimum Gasteiger partial charge on any atom is -0.305 e. The van der Waals surface area contributed by atoms with Crippen molar-refractivity contribution in [2.24, 2.45) is 0 Å². The second kappa shape index (κ2) is 5.72. The summed E-state index contributed by atoms with van der Waals surface area (Å²) in [5.41, 5.74) is 2.98. The smallest absolute Gasteiger partial charge is 0.305 e. The van der Waals surface area contributed by atoms with Crippen molar-refractivity contribution in [3.05, 3.63) is 28.7 Å². The van der Waals surface area contributed by atoms with Crippen LogP contribution in [0.1, 0.15) is 13.8 Å². The Morgan fingerprint density at radius 1 is 1.40 bits per heavy atom. The summed E-state index contributed by atoms with van der Waals surface area (Å²) in [4.78, 5) is 16.2. The van der Waals surface area contributed by atoms with E-state index in [0.29, 0.717) is 5.69 Å². The molecule has 0 atom stereocenters. The average molecular weight is 273 g/mol. The lowest BCUT2D eigenvalue weighted by atomic mass is 10.3. The van der Waals surface area contributed by atoms with E-state index in [0.717, 1.165) is 4.47 Å². The predicted octanol–water partition coefficient (Wildman–Crippen LogP) is 2.91. The van der Waals surface area contributed by atoms with Gasteiger partial charge in [-0.2, -0.15) is 0 Å². The van der Waals surface area contributed by atoms with Crippen LogP contribution in [0.5, 0.6) is 0 Å². The summed E-state index contributed by atoms with van der Waals surface area (Å²) in [6.07, 6.45) is -0.0463. The van der Waals surface area contributed by atoms with Crippen molar-refractivity contribution in [2.75, 3.05) is 5.32 Å². The molecule has 1 aromatic carbocycles. The Labute approximate surface area is 97.1 Å². The molecule has 0 bridgehead atoms. The van der Waals surface area contributed by atoms with Crippen molar-refractivity contribution >= 4 is 27.6 Å². The normalized spacial score (nSPS) is 10.1. The van der Waals surface area contributed by atoms with Crippen LogP contribution in [-0.4, -0.2) is 12.1 Å². The fourth-order valence-electron chi connectivity index (χ4n) is 0.882. The molecule has 0 aliphatic heterocycles. The van der Waals surface area contributed by atoms with E-state index >= 15 is 0 Å². The van der Waals surface area contributed by atoms with E-state index < -0.39 is 6.03 Å². The van der Waals surface area contributed by atoms with Crippen LogP contribution in [0.25, 0.3) is 0 Å². The van der Waals surface area contributed by atoms with Gasteiger partial charge in [-0.1, -0.05) is 12.1 Å². The molecule has 0 heterocycles. The minimum absolute atomic E-state index is 0.0463. The number of benzene rings is 1. The highest BCUT2D eigenvalue weighted by Crippen LogP contribution is 2.20. The van der Waals surface area contributed by atoms with Crippen LogP contribution in [0.2, 0.25) is 0 Å². The molecule has 1 aromatic rings. The minimum atomic E-state index is -0.393. The van der Waals surface area contributed by atoms with Crippen molar-refractivity contribution in [1.29, 1.82) is 0 Å². The highest BCUT2D eigenvalue weighted by Gasteiger charge is 2.04. The van der Waals surface area contributed by atoms with E-state index in [1.54, 1.807) is 6.07 Å². The maximum Gasteiger partial charge on any atom is 0.343 e. The zero-order valence-corrected chi connectivity index (χ0v) is 10.2. The highest BCUT2D eigenvalue weighted by atomic mass is 79.9. The number of carbonyl (C=O) groups excluding carboxylic acids is 1. The summed E-state index contributed by atoms with van der Waals surface area (Å²) >= 11 is 3.32.